The van der Waals surface area contributed by atoms with Crippen molar-refractivity contribution >= 4 is 50.5 Å². The Balaban J connectivity index is 1.87. The van der Waals surface area contributed by atoms with Crippen molar-refractivity contribution in [2.75, 3.05) is 32.9 Å². The number of rotatable bonds is 5. The average molecular weight is 444 g/mol. The van der Waals surface area contributed by atoms with Gasteiger partial charge >= 0.3 is 0 Å². The van der Waals surface area contributed by atoms with Crippen LogP contribution in [0.25, 0.3) is 0 Å². The van der Waals surface area contributed by atoms with Crippen LogP contribution in [0.2, 0.25) is 0 Å². The van der Waals surface area contributed by atoms with E-state index in [-0.39, 0.29) is 0 Å². The minimum absolute atomic E-state index is 0.299. The summed E-state index contributed by atoms with van der Waals surface area (Å²) >= 11 is 10.6. The van der Waals surface area contributed by atoms with E-state index in [2.05, 4.69) is 10.3 Å². The van der Waals surface area contributed by atoms with E-state index in [4.69, 9.17) is 24.4 Å². The Morgan fingerprint density at radius 1 is 1.07 bits per heavy atom. The lowest BCUT2D eigenvalue weighted by Gasteiger charge is -2.33. The summed E-state index contributed by atoms with van der Waals surface area (Å²) in [7, 11) is -0.845. The smallest absolute Gasteiger partial charge is 0.255 e. The first-order chi connectivity index (χ1) is 13.2. The van der Waals surface area contributed by atoms with Crippen LogP contribution in [0, 0.1) is 0 Å². The topological polar surface area (TPSA) is 85.0 Å². The molecule has 1 fully saturated rings. The number of sulfonamides is 1. The number of nitrogens with zero attached hydrogens (tertiary/aromatic N) is 3. The van der Waals surface area contributed by atoms with E-state index in [1.54, 1.807) is 31.3 Å². The molecule has 0 saturated carbocycles. The number of piperidine rings is 1. The summed E-state index contributed by atoms with van der Waals surface area (Å²) in [4.78, 5) is 16.8. The fourth-order valence-electron chi connectivity index (χ4n) is 2.79. The summed E-state index contributed by atoms with van der Waals surface area (Å²) < 4.78 is 24.6. The zero-order valence-electron chi connectivity index (χ0n) is 15.9. The summed E-state index contributed by atoms with van der Waals surface area (Å²) in [5, 5.41) is 3.06. The lowest BCUT2D eigenvalue weighted by atomic mass is 10.1. The van der Waals surface area contributed by atoms with Crippen LogP contribution in [0.1, 0.15) is 24.8 Å². The van der Waals surface area contributed by atoms with E-state index in [1.807, 2.05) is 11.0 Å². The van der Waals surface area contributed by atoms with Gasteiger partial charge in [-0.25, -0.2) is 8.42 Å². The first-order valence-corrected chi connectivity index (χ1v) is 11.3. The normalized spacial score (nSPS) is 14.3. The average Bonchev–Trinajstić information content (AvgIpc) is 2.67. The molecule has 0 unspecified atom stereocenters. The van der Waals surface area contributed by atoms with E-state index in [0.717, 1.165) is 32.4 Å². The number of carbonyl (C=O) groups is 1. The lowest BCUT2D eigenvalue weighted by molar-refractivity contribution is -0.121. The highest BCUT2D eigenvalue weighted by Gasteiger charge is 2.23. The van der Waals surface area contributed by atoms with E-state index in [9.17, 15) is 13.2 Å². The van der Waals surface area contributed by atoms with Crippen LogP contribution in [0.3, 0.4) is 0 Å². The Labute approximate surface area is 176 Å². The molecule has 8 nitrogen and oxygen atoms in total. The third kappa shape index (κ3) is 6.66. The van der Waals surface area contributed by atoms with Crippen LogP contribution in [-0.2, 0) is 14.8 Å². The zero-order chi connectivity index (χ0) is 20.7. The number of nitrogens with one attached hydrogen (secondary N) is 2. The molecular formula is C17H25N5O3S3. The monoisotopic (exact) mass is 443 g/mol. The Bertz CT molecular complexity index is 811. The van der Waals surface area contributed by atoms with Crippen LogP contribution in [0.4, 0.5) is 0 Å². The van der Waals surface area contributed by atoms with Crippen LogP contribution in [0.15, 0.2) is 30.3 Å². The molecule has 1 saturated heterocycles. The maximum Gasteiger partial charge on any atom is 0.255 e. The van der Waals surface area contributed by atoms with Gasteiger partial charge in [0.25, 0.3) is 5.91 Å². The number of carbonyl (C=O) groups excluding carboxylic acids is 1. The van der Waals surface area contributed by atoms with Crippen LogP contribution in [-0.4, -0.2) is 72.3 Å². The lowest BCUT2D eigenvalue weighted by Crippen LogP contribution is -2.53. The van der Waals surface area contributed by atoms with Crippen molar-refractivity contribution in [3.63, 3.8) is 0 Å². The highest BCUT2D eigenvalue weighted by Crippen LogP contribution is 2.10. The third-order valence-corrected chi connectivity index (χ3v) is 6.36. The first-order valence-electron chi connectivity index (χ1n) is 8.85. The van der Waals surface area contributed by atoms with Crippen molar-refractivity contribution in [2.45, 2.75) is 19.3 Å². The van der Waals surface area contributed by atoms with E-state index >= 15 is 0 Å². The maximum absolute atomic E-state index is 12.3. The molecule has 2 rings (SSSR count). The van der Waals surface area contributed by atoms with Gasteiger partial charge in [-0.1, -0.05) is 42.5 Å². The number of benzene rings is 1. The van der Waals surface area contributed by atoms with Crippen molar-refractivity contribution in [3.8, 4) is 0 Å². The predicted molar refractivity (Wildman–Crippen MR) is 117 cm³/mol. The quantitative estimate of drug-likeness (QED) is 0.512. The Kier molecular flexibility index (Phi) is 8.10. The number of hydrogen-bond acceptors (Lipinski definition) is 5. The molecule has 2 N–H and O–H groups in total. The van der Waals surface area contributed by atoms with Gasteiger partial charge in [0.1, 0.15) is 10.7 Å². The van der Waals surface area contributed by atoms with Gasteiger partial charge in [-0.15, -0.1) is 4.83 Å². The standard InChI is InChI=1S/C17H25N5O3S3/c1-20(16(26)14-9-5-3-6-10-14)19-28(24,25)13-15(23)18-21(2)17(27)22-11-7-4-8-12-22/h3,5-6,9-10,19H,4,7-8,11-13H2,1-2H3,(H,18,23). The van der Waals surface area contributed by atoms with Gasteiger partial charge in [-0.2, -0.15) is 0 Å². The molecule has 0 radical (unpaired) electrons. The summed E-state index contributed by atoms with van der Waals surface area (Å²) in [6, 6.07) is 9.00. The summed E-state index contributed by atoms with van der Waals surface area (Å²) in [6.07, 6.45) is 3.26. The molecule has 0 bridgehead atoms. The van der Waals surface area contributed by atoms with Crippen LogP contribution in [0.5, 0.6) is 0 Å². The Morgan fingerprint density at radius 3 is 2.29 bits per heavy atom. The largest absolute Gasteiger partial charge is 0.348 e. The van der Waals surface area contributed by atoms with Gasteiger partial charge < -0.3 is 4.90 Å². The van der Waals surface area contributed by atoms with Gasteiger partial charge in [0.2, 0.25) is 10.0 Å². The predicted octanol–water partition coefficient (Wildman–Crippen LogP) is 0.862. The molecule has 1 aromatic carbocycles. The number of hydrogen-bond donors (Lipinski definition) is 2. The summed E-state index contributed by atoms with van der Waals surface area (Å²) in [6.45, 7) is 1.67. The van der Waals surface area contributed by atoms with Crippen LogP contribution >= 0.6 is 24.4 Å². The Hall–Kier alpha value is -1.82. The molecule has 1 aromatic rings. The number of thiocarbonyl (C=S) groups is 2. The van der Waals surface area contributed by atoms with Gasteiger partial charge in [0, 0.05) is 32.7 Å². The van der Waals surface area contributed by atoms with Gasteiger partial charge in [-0.3, -0.25) is 20.2 Å². The van der Waals surface area contributed by atoms with Crippen molar-refractivity contribution in [2.24, 2.45) is 0 Å². The second-order valence-electron chi connectivity index (χ2n) is 6.50. The SMILES string of the molecule is CN(NS(=O)(=O)CC(=O)NN(C)C(=S)N1CCCCC1)C(=S)c1ccccc1. The maximum atomic E-state index is 12.3. The molecule has 11 heteroatoms. The van der Waals surface area contributed by atoms with Crippen molar-refractivity contribution < 1.29 is 13.2 Å². The fourth-order valence-corrected chi connectivity index (χ4v) is 4.24. The van der Waals surface area contributed by atoms with E-state index in [0.29, 0.717) is 15.7 Å². The minimum atomic E-state index is -3.94. The van der Waals surface area contributed by atoms with E-state index < -0.39 is 21.7 Å². The molecule has 0 aromatic heterocycles. The van der Waals surface area contributed by atoms with Gasteiger partial charge in [0.15, 0.2) is 5.11 Å². The number of likely N-dealkylation sites (tertiary alicyclic amines) is 1. The van der Waals surface area contributed by atoms with Crippen molar-refractivity contribution in [3.05, 3.63) is 35.9 Å². The Morgan fingerprint density at radius 2 is 1.68 bits per heavy atom. The second kappa shape index (κ2) is 10.1. The third-order valence-electron chi connectivity index (χ3n) is 4.13. The molecule has 0 atom stereocenters. The molecule has 1 amide bonds. The second-order valence-corrected chi connectivity index (χ2v) is 8.96. The summed E-state index contributed by atoms with van der Waals surface area (Å²) in [5.41, 5.74) is 3.20. The molecule has 1 aliphatic heterocycles. The molecule has 28 heavy (non-hydrogen) atoms. The molecule has 1 heterocycles. The van der Waals surface area contributed by atoms with Crippen molar-refractivity contribution in [1.82, 2.24) is 25.2 Å². The minimum Gasteiger partial charge on any atom is -0.348 e. The highest BCUT2D eigenvalue weighted by atomic mass is 32.2. The molecule has 1 aliphatic rings. The zero-order valence-corrected chi connectivity index (χ0v) is 18.4. The first kappa shape index (κ1) is 22.5. The van der Waals surface area contributed by atoms with Crippen LogP contribution < -0.4 is 10.3 Å². The van der Waals surface area contributed by atoms with Gasteiger partial charge in [0.05, 0.1) is 0 Å². The molecular weight excluding hydrogens is 418 g/mol. The van der Waals surface area contributed by atoms with Crippen molar-refractivity contribution in [1.29, 1.82) is 0 Å². The number of hydrazine groups is 2. The van der Waals surface area contributed by atoms with Gasteiger partial charge in [-0.05, 0) is 31.5 Å². The highest BCUT2D eigenvalue weighted by molar-refractivity contribution is 7.90. The molecule has 154 valence electrons. The molecule has 0 spiro atoms. The van der Waals surface area contributed by atoms with E-state index in [1.165, 1.54) is 17.1 Å². The molecule has 0 aliphatic carbocycles. The summed E-state index contributed by atoms with van der Waals surface area (Å²) in [5.74, 6) is -1.43. The fraction of sp³-hybridized carbons (Fsp3) is 0.471. The number of amides is 1.